The van der Waals surface area contributed by atoms with E-state index in [4.69, 9.17) is 5.73 Å². The first-order valence-corrected chi connectivity index (χ1v) is 6.12. The van der Waals surface area contributed by atoms with Crippen molar-refractivity contribution >= 4 is 16.9 Å². The van der Waals surface area contributed by atoms with Crippen molar-refractivity contribution in [2.45, 2.75) is 20.4 Å². The summed E-state index contributed by atoms with van der Waals surface area (Å²) in [6.45, 7) is 4.30. The Morgan fingerprint density at radius 1 is 1.32 bits per heavy atom. The van der Waals surface area contributed by atoms with Crippen LogP contribution in [-0.2, 0) is 11.3 Å². The SMILES string of the molecule is CC(C)(CN)C(=O)NCc1ccc2[nH]c(=O)[nH]c2c1. The van der Waals surface area contributed by atoms with E-state index in [1.165, 1.54) is 0 Å². The molecule has 0 aliphatic rings. The molecule has 0 spiro atoms. The molecular weight excluding hydrogens is 244 g/mol. The molecule has 5 N–H and O–H groups in total. The second kappa shape index (κ2) is 4.89. The van der Waals surface area contributed by atoms with Crippen molar-refractivity contribution < 1.29 is 4.79 Å². The third-order valence-electron chi connectivity index (χ3n) is 3.16. The highest BCUT2D eigenvalue weighted by Crippen LogP contribution is 2.14. The van der Waals surface area contributed by atoms with Crippen molar-refractivity contribution in [1.82, 2.24) is 15.3 Å². The zero-order valence-corrected chi connectivity index (χ0v) is 11.0. The van der Waals surface area contributed by atoms with E-state index in [0.717, 1.165) is 16.6 Å². The van der Waals surface area contributed by atoms with Crippen LogP contribution in [0.25, 0.3) is 11.0 Å². The van der Waals surface area contributed by atoms with E-state index < -0.39 is 5.41 Å². The number of aromatic nitrogens is 2. The van der Waals surface area contributed by atoms with Gasteiger partial charge >= 0.3 is 5.69 Å². The maximum atomic E-state index is 11.9. The van der Waals surface area contributed by atoms with Crippen molar-refractivity contribution in [3.05, 3.63) is 34.2 Å². The lowest BCUT2D eigenvalue weighted by Crippen LogP contribution is -2.41. The second-order valence-corrected chi connectivity index (χ2v) is 5.23. The number of aromatic amines is 2. The number of imidazole rings is 1. The Balaban J connectivity index is 2.10. The van der Waals surface area contributed by atoms with Crippen LogP contribution in [0.3, 0.4) is 0 Å². The third kappa shape index (κ3) is 2.85. The highest BCUT2D eigenvalue weighted by molar-refractivity contribution is 5.82. The minimum atomic E-state index is -0.577. The maximum absolute atomic E-state index is 11.9. The van der Waals surface area contributed by atoms with Gasteiger partial charge in [-0.2, -0.15) is 0 Å². The molecule has 1 amide bonds. The summed E-state index contributed by atoms with van der Waals surface area (Å²) in [7, 11) is 0. The zero-order chi connectivity index (χ0) is 14.0. The zero-order valence-electron chi connectivity index (χ0n) is 11.0. The van der Waals surface area contributed by atoms with Crippen LogP contribution < -0.4 is 16.7 Å². The molecule has 0 aliphatic heterocycles. The summed E-state index contributed by atoms with van der Waals surface area (Å²) in [4.78, 5) is 28.4. The lowest BCUT2D eigenvalue weighted by molar-refractivity contribution is -0.129. The highest BCUT2D eigenvalue weighted by atomic mass is 16.2. The molecule has 19 heavy (non-hydrogen) atoms. The number of fused-ring (bicyclic) bond motifs is 1. The maximum Gasteiger partial charge on any atom is 0.323 e. The molecule has 0 fully saturated rings. The number of hydrogen-bond acceptors (Lipinski definition) is 3. The normalized spacial score (nSPS) is 11.7. The standard InChI is InChI=1S/C13H18N4O2/c1-13(2,7-14)11(18)15-6-8-3-4-9-10(5-8)17-12(19)16-9/h3-5H,6-7,14H2,1-2H3,(H,15,18)(H2,16,17,19). The van der Waals surface area contributed by atoms with Crippen LogP contribution in [0.1, 0.15) is 19.4 Å². The van der Waals surface area contributed by atoms with Crippen LogP contribution in [0.2, 0.25) is 0 Å². The number of nitrogens with two attached hydrogens (primary N) is 1. The van der Waals surface area contributed by atoms with Crippen LogP contribution in [0.4, 0.5) is 0 Å². The summed E-state index contributed by atoms with van der Waals surface area (Å²) < 4.78 is 0. The Morgan fingerprint density at radius 2 is 2.00 bits per heavy atom. The van der Waals surface area contributed by atoms with Crippen molar-refractivity contribution in [1.29, 1.82) is 0 Å². The fourth-order valence-corrected chi connectivity index (χ4v) is 1.70. The first kappa shape index (κ1) is 13.4. The summed E-state index contributed by atoms with van der Waals surface area (Å²) in [5.74, 6) is -0.0855. The van der Waals surface area contributed by atoms with E-state index in [9.17, 15) is 9.59 Å². The molecule has 1 aromatic heterocycles. The third-order valence-corrected chi connectivity index (χ3v) is 3.16. The summed E-state index contributed by atoms with van der Waals surface area (Å²) in [6.07, 6.45) is 0. The van der Waals surface area contributed by atoms with Gasteiger partial charge in [0.1, 0.15) is 0 Å². The molecular formula is C13H18N4O2. The fourth-order valence-electron chi connectivity index (χ4n) is 1.70. The van der Waals surface area contributed by atoms with Crippen LogP contribution >= 0.6 is 0 Å². The molecule has 102 valence electrons. The Morgan fingerprint density at radius 3 is 2.68 bits per heavy atom. The van der Waals surface area contributed by atoms with Crippen molar-refractivity contribution in [2.75, 3.05) is 6.54 Å². The summed E-state index contributed by atoms with van der Waals surface area (Å²) in [6, 6.07) is 5.51. The quantitative estimate of drug-likeness (QED) is 0.643. The van der Waals surface area contributed by atoms with Crippen LogP contribution in [0, 0.1) is 5.41 Å². The molecule has 1 heterocycles. The smallest absolute Gasteiger partial charge is 0.323 e. The van der Waals surface area contributed by atoms with Gasteiger partial charge in [0.15, 0.2) is 0 Å². The molecule has 0 aliphatic carbocycles. The van der Waals surface area contributed by atoms with E-state index in [1.54, 1.807) is 13.8 Å². The number of carbonyl (C=O) groups is 1. The first-order valence-electron chi connectivity index (χ1n) is 6.12. The minimum Gasteiger partial charge on any atom is -0.352 e. The van der Waals surface area contributed by atoms with Gasteiger partial charge in [-0.15, -0.1) is 0 Å². The number of H-pyrrole nitrogens is 2. The van der Waals surface area contributed by atoms with Gasteiger partial charge in [-0.05, 0) is 31.5 Å². The summed E-state index contributed by atoms with van der Waals surface area (Å²) in [5, 5.41) is 2.84. The number of nitrogens with one attached hydrogen (secondary N) is 3. The number of hydrogen-bond donors (Lipinski definition) is 4. The van der Waals surface area contributed by atoms with E-state index in [0.29, 0.717) is 13.1 Å². The molecule has 2 rings (SSSR count). The fraction of sp³-hybridized carbons (Fsp3) is 0.385. The van der Waals surface area contributed by atoms with E-state index in [2.05, 4.69) is 15.3 Å². The van der Waals surface area contributed by atoms with Gasteiger partial charge in [-0.25, -0.2) is 4.79 Å². The molecule has 0 saturated carbocycles. The molecule has 0 bridgehead atoms. The van der Waals surface area contributed by atoms with Crippen LogP contribution in [-0.4, -0.2) is 22.4 Å². The molecule has 0 unspecified atom stereocenters. The lowest BCUT2D eigenvalue weighted by Gasteiger charge is -2.21. The van der Waals surface area contributed by atoms with E-state index >= 15 is 0 Å². The van der Waals surface area contributed by atoms with E-state index in [-0.39, 0.29) is 11.6 Å². The molecule has 0 radical (unpaired) electrons. The van der Waals surface area contributed by atoms with Gasteiger partial charge in [0.2, 0.25) is 5.91 Å². The van der Waals surface area contributed by atoms with Crippen molar-refractivity contribution in [3.8, 4) is 0 Å². The van der Waals surface area contributed by atoms with Gasteiger partial charge in [0.05, 0.1) is 16.4 Å². The summed E-state index contributed by atoms with van der Waals surface area (Å²) >= 11 is 0. The molecule has 6 heteroatoms. The van der Waals surface area contributed by atoms with Crippen LogP contribution in [0.15, 0.2) is 23.0 Å². The van der Waals surface area contributed by atoms with Gasteiger partial charge in [-0.1, -0.05) is 6.07 Å². The average Bonchev–Trinajstić information content (AvgIpc) is 2.74. The second-order valence-electron chi connectivity index (χ2n) is 5.23. The topological polar surface area (TPSA) is 104 Å². The molecule has 1 aromatic carbocycles. The number of rotatable bonds is 4. The molecule has 6 nitrogen and oxygen atoms in total. The van der Waals surface area contributed by atoms with Crippen LogP contribution in [0.5, 0.6) is 0 Å². The largest absolute Gasteiger partial charge is 0.352 e. The Kier molecular flexibility index (Phi) is 3.44. The van der Waals surface area contributed by atoms with Gasteiger partial charge < -0.3 is 21.0 Å². The number of benzene rings is 1. The monoisotopic (exact) mass is 262 g/mol. The number of carbonyl (C=O) groups excluding carboxylic acids is 1. The predicted molar refractivity (Wildman–Crippen MR) is 73.6 cm³/mol. The highest BCUT2D eigenvalue weighted by Gasteiger charge is 2.25. The van der Waals surface area contributed by atoms with Crippen molar-refractivity contribution in [2.24, 2.45) is 11.1 Å². The Labute approximate surface area is 110 Å². The van der Waals surface area contributed by atoms with Gasteiger partial charge in [0, 0.05) is 13.1 Å². The van der Waals surface area contributed by atoms with Gasteiger partial charge in [0.25, 0.3) is 0 Å². The lowest BCUT2D eigenvalue weighted by atomic mass is 9.92. The molecule has 2 aromatic rings. The number of amides is 1. The Bertz CT molecular complexity index is 654. The minimum absolute atomic E-state index is 0.0855. The molecule has 0 atom stereocenters. The predicted octanol–water partition coefficient (Wildman–Crippen LogP) is 0.457. The van der Waals surface area contributed by atoms with Crippen molar-refractivity contribution in [3.63, 3.8) is 0 Å². The van der Waals surface area contributed by atoms with Gasteiger partial charge in [-0.3, -0.25) is 4.79 Å². The first-order chi connectivity index (χ1) is 8.92. The molecule has 0 saturated heterocycles. The Hall–Kier alpha value is -2.08. The summed E-state index contributed by atoms with van der Waals surface area (Å²) in [5.41, 5.74) is 7.14. The average molecular weight is 262 g/mol. The van der Waals surface area contributed by atoms with E-state index in [1.807, 2.05) is 18.2 Å².